The first-order valence-corrected chi connectivity index (χ1v) is 4.21. The van der Waals surface area contributed by atoms with Gasteiger partial charge in [-0.25, -0.2) is 4.79 Å². The highest BCUT2D eigenvalue weighted by Crippen LogP contribution is 2.32. The summed E-state index contributed by atoms with van der Waals surface area (Å²) in [4.78, 5) is 21.2. The topological polar surface area (TPSA) is 105 Å². The van der Waals surface area contributed by atoms with Gasteiger partial charge in [-0.15, -0.1) is 0 Å². The SMILES string of the molecule is COC(=O)c1cc(OC)c(N)c([N+](=O)[O-])c1. The van der Waals surface area contributed by atoms with Crippen LogP contribution in [0.3, 0.4) is 0 Å². The van der Waals surface area contributed by atoms with Crippen LogP contribution in [0.1, 0.15) is 10.4 Å². The molecule has 1 aromatic carbocycles. The molecule has 0 saturated heterocycles. The number of nitro benzene ring substituents is 1. The van der Waals surface area contributed by atoms with Gasteiger partial charge >= 0.3 is 5.97 Å². The highest BCUT2D eigenvalue weighted by Gasteiger charge is 2.20. The second-order valence-electron chi connectivity index (χ2n) is 2.86. The fourth-order valence-corrected chi connectivity index (χ4v) is 1.17. The van der Waals surface area contributed by atoms with E-state index in [2.05, 4.69) is 4.74 Å². The zero-order chi connectivity index (χ0) is 12.3. The molecule has 7 nitrogen and oxygen atoms in total. The van der Waals surface area contributed by atoms with Crippen LogP contribution in [0.2, 0.25) is 0 Å². The van der Waals surface area contributed by atoms with Crippen molar-refractivity contribution >= 4 is 17.3 Å². The lowest BCUT2D eigenvalue weighted by Gasteiger charge is -2.07. The fourth-order valence-electron chi connectivity index (χ4n) is 1.17. The molecule has 0 heterocycles. The monoisotopic (exact) mass is 226 g/mol. The first-order chi connectivity index (χ1) is 7.51. The van der Waals surface area contributed by atoms with Crippen molar-refractivity contribution in [2.24, 2.45) is 0 Å². The van der Waals surface area contributed by atoms with E-state index in [0.29, 0.717) is 0 Å². The van der Waals surface area contributed by atoms with E-state index in [1.165, 1.54) is 20.3 Å². The Kier molecular flexibility index (Phi) is 3.29. The molecule has 2 N–H and O–H groups in total. The Morgan fingerprint density at radius 3 is 2.50 bits per heavy atom. The Bertz CT molecular complexity index is 444. The Balaban J connectivity index is 3.40. The standard InChI is InChI=1S/C9H10N2O5/c1-15-7-4-5(9(12)16-2)3-6(8(7)10)11(13)14/h3-4H,10H2,1-2H3. The lowest BCUT2D eigenvalue weighted by atomic mass is 10.1. The number of carbonyl (C=O) groups is 1. The minimum absolute atomic E-state index is 0.0141. The summed E-state index contributed by atoms with van der Waals surface area (Å²) in [6.45, 7) is 0. The van der Waals surface area contributed by atoms with Gasteiger partial charge in [0.2, 0.25) is 0 Å². The highest BCUT2D eigenvalue weighted by molar-refractivity contribution is 5.92. The first kappa shape index (κ1) is 11.8. The molecule has 7 heteroatoms. The van der Waals surface area contributed by atoms with Crippen LogP contribution in [-0.4, -0.2) is 25.1 Å². The van der Waals surface area contributed by atoms with E-state index in [0.717, 1.165) is 6.07 Å². The molecule has 0 unspecified atom stereocenters. The van der Waals surface area contributed by atoms with Crippen LogP contribution in [0.5, 0.6) is 5.75 Å². The summed E-state index contributed by atoms with van der Waals surface area (Å²) in [5, 5.41) is 10.7. The Hall–Kier alpha value is -2.31. The van der Waals surface area contributed by atoms with Crippen molar-refractivity contribution in [3.63, 3.8) is 0 Å². The van der Waals surface area contributed by atoms with Gasteiger partial charge in [0.05, 0.1) is 24.7 Å². The van der Waals surface area contributed by atoms with Crippen LogP contribution in [0.15, 0.2) is 12.1 Å². The van der Waals surface area contributed by atoms with Crippen molar-refractivity contribution in [1.82, 2.24) is 0 Å². The van der Waals surface area contributed by atoms with Crippen molar-refractivity contribution in [2.45, 2.75) is 0 Å². The van der Waals surface area contributed by atoms with Gasteiger partial charge in [-0.2, -0.15) is 0 Å². The normalized spacial score (nSPS) is 9.62. The van der Waals surface area contributed by atoms with E-state index in [4.69, 9.17) is 10.5 Å². The van der Waals surface area contributed by atoms with Crippen molar-refractivity contribution in [3.8, 4) is 5.75 Å². The third-order valence-electron chi connectivity index (χ3n) is 1.96. The lowest BCUT2D eigenvalue weighted by molar-refractivity contribution is -0.384. The van der Waals surface area contributed by atoms with Crippen molar-refractivity contribution in [2.75, 3.05) is 20.0 Å². The number of hydrogen-bond acceptors (Lipinski definition) is 6. The average Bonchev–Trinajstić information content (AvgIpc) is 2.27. The number of benzene rings is 1. The van der Waals surface area contributed by atoms with Gasteiger partial charge in [-0.1, -0.05) is 0 Å². The molecule has 0 aliphatic carbocycles. The summed E-state index contributed by atoms with van der Waals surface area (Å²) < 4.78 is 9.29. The molecule has 0 aromatic heterocycles. The number of carbonyl (C=O) groups excluding carboxylic acids is 1. The number of rotatable bonds is 3. The van der Waals surface area contributed by atoms with Gasteiger partial charge in [-0.05, 0) is 6.07 Å². The molecule has 0 bridgehead atoms. The van der Waals surface area contributed by atoms with Crippen LogP contribution in [0.4, 0.5) is 11.4 Å². The minimum atomic E-state index is -0.693. The molecule has 0 amide bonds. The van der Waals surface area contributed by atoms with E-state index in [1.54, 1.807) is 0 Å². The Morgan fingerprint density at radius 2 is 2.06 bits per heavy atom. The lowest BCUT2D eigenvalue weighted by Crippen LogP contribution is -2.05. The van der Waals surface area contributed by atoms with E-state index in [-0.39, 0.29) is 22.7 Å². The summed E-state index contributed by atoms with van der Waals surface area (Å²) in [5.41, 5.74) is 4.99. The molecule has 1 aromatic rings. The maximum Gasteiger partial charge on any atom is 0.338 e. The Labute approximate surface area is 90.9 Å². The molecule has 0 atom stereocenters. The predicted molar refractivity (Wildman–Crippen MR) is 55.4 cm³/mol. The second-order valence-corrected chi connectivity index (χ2v) is 2.86. The fraction of sp³-hybridized carbons (Fsp3) is 0.222. The quantitative estimate of drug-likeness (QED) is 0.356. The van der Waals surface area contributed by atoms with Gasteiger partial charge in [0.1, 0.15) is 5.75 Å². The van der Waals surface area contributed by atoms with Gasteiger partial charge in [-0.3, -0.25) is 10.1 Å². The number of nitro groups is 1. The van der Waals surface area contributed by atoms with E-state index in [9.17, 15) is 14.9 Å². The van der Waals surface area contributed by atoms with Crippen molar-refractivity contribution < 1.29 is 19.2 Å². The molecular weight excluding hydrogens is 216 g/mol. The molecule has 0 aliphatic rings. The summed E-state index contributed by atoms with van der Waals surface area (Å²) in [6.07, 6.45) is 0. The van der Waals surface area contributed by atoms with Crippen LogP contribution in [-0.2, 0) is 4.74 Å². The third kappa shape index (κ3) is 2.02. The molecule has 0 spiro atoms. The zero-order valence-electron chi connectivity index (χ0n) is 8.72. The number of methoxy groups -OCH3 is 2. The van der Waals surface area contributed by atoms with Crippen molar-refractivity contribution in [3.05, 3.63) is 27.8 Å². The van der Waals surface area contributed by atoms with Crippen LogP contribution < -0.4 is 10.5 Å². The van der Waals surface area contributed by atoms with Crippen LogP contribution in [0, 0.1) is 10.1 Å². The van der Waals surface area contributed by atoms with Gasteiger partial charge < -0.3 is 15.2 Å². The number of hydrogen-bond donors (Lipinski definition) is 1. The summed E-state index contributed by atoms with van der Waals surface area (Å²) in [5.74, 6) is -0.629. The van der Waals surface area contributed by atoms with Gasteiger partial charge in [0.25, 0.3) is 5.69 Å². The smallest absolute Gasteiger partial charge is 0.338 e. The number of nitrogens with zero attached hydrogens (tertiary/aromatic N) is 1. The molecule has 0 radical (unpaired) electrons. The predicted octanol–water partition coefficient (Wildman–Crippen LogP) is 0.972. The maximum absolute atomic E-state index is 11.2. The number of anilines is 1. The average molecular weight is 226 g/mol. The molecule has 0 saturated carbocycles. The summed E-state index contributed by atoms with van der Waals surface area (Å²) in [6, 6.07) is 2.33. The van der Waals surface area contributed by atoms with E-state index >= 15 is 0 Å². The molecule has 0 fully saturated rings. The molecule has 0 aliphatic heterocycles. The van der Waals surface area contributed by atoms with E-state index in [1.807, 2.05) is 0 Å². The number of nitrogen functional groups attached to an aromatic ring is 1. The highest BCUT2D eigenvalue weighted by atomic mass is 16.6. The molecular formula is C9H10N2O5. The number of ether oxygens (including phenoxy) is 2. The molecule has 16 heavy (non-hydrogen) atoms. The zero-order valence-corrected chi connectivity index (χ0v) is 8.72. The summed E-state index contributed by atoms with van der Waals surface area (Å²) in [7, 11) is 2.48. The minimum Gasteiger partial charge on any atom is -0.494 e. The van der Waals surface area contributed by atoms with Crippen LogP contribution in [0.25, 0.3) is 0 Å². The van der Waals surface area contributed by atoms with Gasteiger partial charge in [0, 0.05) is 6.07 Å². The second kappa shape index (κ2) is 4.47. The summed E-state index contributed by atoms with van der Waals surface area (Å²) >= 11 is 0. The largest absolute Gasteiger partial charge is 0.494 e. The number of esters is 1. The Morgan fingerprint density at radius 1 is 1.44 bits per heavy atom. The van der Waals surface area contributed by atoms with Crippen molar-refractivity contribution in [1.29, 1.82) is 0 Å². The van der Waals surface area contributed by atoms with Crippen LogP contribution >= 0.6 is 0 Å². The molecule has 1 rings (SSSR count). The maximum atomic E-state index is 11.2. The first-order valence-electron chi connectivity index (χ1n) is 4.21. The van der Waals surface area contributed by atoms with E-state index < -0.39 is 10.9 Å². The number of nitrogens with two attached hydrogens (primary N) is 1. The third-order valence-corrected chi connectivity index (χ3v) is 1.96. The molecule has 86 valence electrons. The van der Waals surface area contributed by atoms with Gasteiger partial charge in [0.15, 0.2) is 5.69 Å².